The molecule has 2 aromatic carbocycles. The zero-order chi connectivity index (χ0) is 16.9. The first-order chi connectivity index (χ1) is 11.6. The second kappa shape index (κ2) is 7.69. The Hall–Kier alpha value is -2.04. The molecule has 0 aromatic heterocycles. The van der Waals surface area contributed by atoms with Crippen molar-refractivity contribution in [3.8, 4) is 0 Å². The zero-order valence-corrected chi connectivity index (χ0v) is 14.4. The summed E-state index contributed by atoms with van der Waals surface area (Å²) in [4.78, 5) is 17.0. The third-order valence-corrected chi connectivity index (χ3v) is 4.58. The van der Waals surface area contributed by atoms with Crippen LogP contribution in [0.5, 0.6) is 0 Å². The Bertz CT molecular complexity index is 702. The molecule has 1 saturated heterocycles. The van der Waals surface area contributed by atoms with Crippen LogP contribution in [-0.4, -0.2) is 41.9 Å². The molecule has 126 valence electrons. The molecule has 24 heavy (non-hydrogen) atoms. The summed E-state index contributed by atoms with van der Waals surface area (Å²) in [6.07, 6.45) is 0.974. The molecular formula is C19H22ClN3O. The normalized spacial score (nSPS) is 16.0. The summed E-state index contributed by atoms with van der Waals surface area (Å²) >= 11 is 5.94. The highest BCUT2D eigenvalue weighted by molar-refractivity contribution is 6.30. The van der Waals surface area contributed by atoms with E-state index in [0.29, 0.717) is 11.3 Å². The highest BCUT2D eigenvalue weighted by Gasteiger charge is 2.20. The molecule has 1 amide bonds. The summed E-state index contributed by atoms with van der Waals surface area (Å²) in [5.41, 5.74) is 8.33. The Morgan fingerprint density at radius 1 is 1.04 bits per heavy atom. The van der Waals surface area contributed by atoms with E-state index in [1.807, 2.05) is 29.2 Å². The van der Waals surface area contributed by atoms with Gasteiger partial charge in [-0.15, -0.1) is 0 Å². The van der Waals surface area contributed by atoms with Gasteiger partial charge in [-0.1, -0.05) is 29.8 Å². The third kappa shape index (κ3) is 4.28. The molecule has 3 rings (SSSR count). The lowest BCUT2D eigenvalue weighted by molar-refractivity contribution is 0.0761. The Balaban J connectivity index is 1.60. The summed E-state index contributed by atoms with van der Waals surface area (Å²) in [7, 11) is 0. The maximum atomic E-state index is 12.6. The number of rotatable bonds is 3. The second-order valence-electron chi connectivity index (χ2n) is 6.17. The van der Waals surface area contributed by atoms with E-state index in [9.17, 15) is 4.79 Å². The summed E-state index contributed by atoms with van der Waals surface area (Å²) in [6.45, 7) is 4.27. The maximum Gasteiger partial charge on any atom is 0.253 e. The van der Waals surface area contributed by atoms with Crippen LogP contribution in [0.25, 0.3) is 0 Å². The van der Waals surface area contributed by atoms with E-state index in [2.05, 4.69) is 17.0 Å². The van der Waals surface area contributed by atoms with Crippen LogP contribution in [0.15, 0.2) is 48.5 Å². The van der Waals surface area contributed by atoms with Gasteiger partial charge in [-0.25, -0.2) is 0 Å². The molecule has 1 aliphatic rings. The number of hydrogen-bond donors (Lipinski definition) is 1. The standard InChI is InChI=1S/C19H22ClN3O/c20-17-7-5-15(6-8-17)14-22-9-2-10-23(12-11-22)19(24)16-3-1-4-18(21)13-16/h1,3-8,13H,2,9-12,14,21H2. The van der Waals surface area contributed by atoms with Crippen LogP contribution in [-0.2, 0) is 6.54 Å². The van der Waals surface area contributed by atoms with E-state index in [4.69, 9.17) is 17.3 Å². The number of nitrogens with two attached hydrogens (primary N) is 1. The molecule has 0 bridgehead atoms. The number of nitrogen functional groups attached to an aromatic ring is 1. The van der Waals surface area contributed by atoms with E-state index >= 15 is 0 Å². The summed E-state index contributed by atoms with van der Waals surface area (Å²) in [5, 5.41) is 0.758. The Kier molecular flexibility index (Phi) is 5.38. The van der Waals surface area contributed by atoms with E-state index in [1.165, 1.54) is 5.56 Å². The van der Waals surface area contributed by atoms with Crippen molar-refractivity contribution in [3.05, 3.63) is 64.7 Å². The number of halogens is 1. The third-order valence-electron chi connectivity index (χ3n) is 4.33. The lowest BCUT2D eigenvalue weighted by atomic mass is 10.1. The fraction of sp³-hybridized carbons (Fsp3) is 0.316. The van der Waals surface area contributed by atoms with Gasteiger partial charge in [-0.05, 0) is 42.3 Å². The van der Waals surface area contributed by atoms with Crippen molar-refractivity contribution in [3.63, 3.8) is 0 Å². The van der Waals surface area contributed by atoms with E-state index in [0.717, 1.165) is 44.2 Å². The highest BCUT2D eigenvalue weighted by atomic mass is 35.5. The van der Waals surface area contributed by atoms with Crippen molar-refractivity contribution in [1.29, 1.82) is 0 Å². The van der Waals surface area contributed by atoms with E-state index in [-0.39, 0.29) is 5.91 Å². The van der Waals surface area contributed by atoms with Crippen molar-refractivity contribution < 1.29 is 4.79 Å². The van der Waals surface area contributed by atoms with Gasteiger partial charge in [0, 0.05) is 49.0 Å². The van der Waals surface area contributed by atoms with Crippen LogP contribution in [0.3, 0.4) is 0 Å². The van der Waals surface area contributed by atoms with Gasteiger partial charge in [-0.3, -0.25) is 9.69 Å². The average Bonchev–Trinajstić information content (AvgIpc) is 2.82. The SMILES string of the molecule is Nc1cccc(C(=O)N2CCCN(Cc3ccc(Cl)cc3)CC2)c1. The highest BCUT2D eigenvalue weighted by Crippen LogP contribution is 2.15. The second-order valence-corrected chi connectivity index (χ2v) is 6.61. The van der Waals surface area contributed by atoms with Crippen LogP contribution < -0.4 is 5.73 Å². The van der Waals surface area contributed by atoms with Gasteiger partial charge in [0.05, 0.1) is 0 Å². The monoisotopic (exact) mass is 343 g/mol. The predicted molar refractivity (Wildman–Crippen MR) is 98.1 cm³/mol. The first kappa shape index (κ1) is 16.8. The van der Waals surface area contributed by atoms with Crippen molar-refractivity contribution in [2.24, 2.45) is 0 Å². The van der Waals surface area contributed by atoms with Crippen molar-refractivity contribution >= 4 is 23.2 Å². The first-order valence-electron chi connectivity index (χ1n) is 8.23. The fourth-order valence-corrected chi connectivity index (χ4v) is 3.16. The smallest absolute Gasteiger partial charge is 0.253 e. The Morgan fingerprint density at radius 3 is 2.58 bits per heavy atom. The number of hydrogen-bond acceptors (Lipinski definition) is 3. The molecular weight excluding hydrogens is 322 g/mol. The lowest BCUT2D eigenvalue weighted by Crippen LogP contribution is -2.35. The van der Waals surface area contributed by atoms with Crippen LogP contribution in [0.4, 0.5) is 5.69 Å². The van der Waals surface area contributed by atoms with E-state index < -0.39 is 0 Å². The molecule has 1 fully saturated rings. The van der Waals surface area contributed by atoms with Gasteiger partial charge in [0.2, 0.25) is 0 Å². The van der Waals surface area contributed by atoms with Crippen molar-refractivity contribution in [1.82, 2.24) is 9.80 Å². The van der Waals surface area contributed by atoms with Gasteiger partial charge in [0.1, 0.15) is 0 Å². The molecule has 0 saturated carbocycles. The fourth-order valence-electron chi connectivity index (χ4n) is 3.03. The molecule has 0 radical (unpaired) electrons. The quantitative estimate of drug-likeness (QED) is 0.870. The first-order valence-corrected chi connectivity index (χ1v) is 8.61. The largest absolute Gasteiger partial charge is 0.399 e. The molecule has 2 N–H and O–H groups in total. The maximum absolute atomic E-state index is 12.6. The van der Waals surface area contributed by atoms with Crippen LogP contribution in [0, 0.1) is 0 Å². The molecule has 5 heteroatoms. The zero-order valence-electron chi connectivity index (χ0n) is 13.6. The molecule has 0 spiro atoms. The summed E-state index contributed by atoms with van der Waals surface area (Å²) in [5.74, 6) is 0.0654. The summed E-state index contributed by atoms with van der Waals surface area (Å²) < 4.78 is 0. The number of nitrogens with zero attached hydrogens (tertiary/aromatic N) is 2. The molecule has 2 aromatic rings. The molecule has 1 aliphatic heterocycles. The average molecular weight is 344 g/mol. The van der Waals surface area contributed by atoms with Crippen LogP contribution in [0.2, 0.25) is 5.02 Å². The molecule has 0 unspecified atom stereocenters. The minimum atomic E-state index is 0.0654. The number of carbonyl (C=O) groups excluding carboxylic acids is 1. The molecule has 0 aliphatic carbocycles. The van der Waals surface area contributed by atoms with Gasteiger partial charge in [0.25, 0.3) is 5.91 Å². The van der Waals surface area contributed by atoms with Gasteiger partial charge in [-0.2, -0.15) is 0 Å². The van der Waals surface area contributed by atoms with Crippen molar-refractivity contribution in [2.45, 2.75) is 13.0 Å². The van der Waals surface area contributed by atoms with Crippen LogP contribution >= 0.6 is 11.6 Å². The number of anilines is 1. The topological polar surface area (TPSA) is 49.6 Å². The Labute approximate surface area is 147 Å². The molecule has 4 nitrogen and oxygen atoms in total. The minimum absolute atomic E-state index is 0.0654. The Morgan fingerprint density at radius 2 is 1.83 bits per heavy atom. The van der Waals surface area contributed by atoms with Crippen LogP contribution in [0.1, 0.15) is 22.3 Å². The molecule has 1 heterocycles. The lowest BCUT2D eigenvalue weighted by Gasteiger charge is -2.22. The van der Waals surface area contributed by atoms with Gasteiger partial charge >= 0.3 is 0 Å². The minimum Gasteiger partial charge on any atom is -0.399 e. The predicted octanol–water partition coefficient (Wildman–Crippen LogP) is 3.27. The van der Waals surface area contributed by atoms with Gasteiger partial charge in [0.15, 0.2) is 0 Å². The molecule has 0 atom stereocenters. The van der Waals surface area contributed by atoms with Crippen molar-refractivity contribution in [2.75, 3.05) is 31.9 Å². The number of benzene rings is 2. The summed E-state index contributed by atoms with van der Waals surface area (Å²) in [6, 6.07) is 15.2. The number of carbonyl (C=O) groups is 1. The van der Waals surface area contributed by atoms with Gasteiger partial charge < -0.3 is 10.6 Å². The number of amides is 1. The van der Waals surface area contributed by atoms with E-state index in [1.54, 1.807) is 12.1 Å².